The van der Waals surface area contributed by atoms with Gasteiger partial charge in [0, 0.05) is 5.25 Å². The Morgan fingerprint density at radius 2 is 1.92 bits per heavy atom. The maximum atomic E-state index is 9.29. The summed E-state index contributed by atoms with van der Waals surface area (Å²) in [5, 5.41) is 10.2. The molecule has 1 aromatic heterocycles. The van der Waals surface area contributed by atoms with E-state index < -0.39 is 0 Å². The first-order valence-corrected chi connectivity index (χ1v) is 8.45. The molecule has 0 amide bonds. The van der Waals surface area contributed by atoms with Gasteiger partial charge in [0.05, 0.1) is 7.11 Å². The number of ether oxygens (including phenoxy) is 2. The molecule has 0 aliphatic heterocycles. The van der Waals surface area contributed by atoms with E-state index in [1.54, 1.807) is 31.4 Å². The number of aromatic nitrogens is 2. The number of nitriles is 1. The van der Waals surface area contributed by atoms with Crippen molar-refractivity contribution in [1.82, 2.24) is 9.97 Å². The smallest absolute Gasteiger partial charge is 0.190 e. The largest absolute Gasteiger partial charge is 0.497 e. The average molecular weight is 344 g/mol. The zero-order valence-electron chi connectivity index (χ0n) is 13.9. The van der Waals surface area contributed by atoms with Gasteiger partial charge in [-0.1, -0.05) is 25.6 Å². The van der Waals surface area contributed by atoms with Crippen molar-refractivity contribution in [3.63, 3.8) is 0 Å². The molecule has 0 aliphatic rings. The second-order valence-corrected chi connectivity index (χ2v) is 6.53. The van der Waals surface area contributed by atoms with Gasteiger partial charge in [-0.05, 0) is 30.7 Å². The van der Waals surface area contributed by atoms with Crippen LogP contribution in [0.1, 0.15) is 31.5 Å². The number of nitrogens with two attached hydrogens (primary N) is 1. The average Bonchev–Trinajstić information content (AvgIpc) is 2.60. The minimum atomic E-state index is 0.149. The summed E-state index contributed by atoms with van der Waals surface area (Å²) < 4.78 is 10.8. The number of benzene rings is 1. The maximum absolute atomic E-state index is 9.29. The fourth-order valence-electron chi connectivity index (χ4n) is 1.87. The van der Waals surface area contributed by atoms with E-state index in [-0.39, 0.29) is 18.0 Å². The van der Waals surface area contributed by atoms with Gasteiger partial charge in [-0.15, -0.1) is 0 Å². The minimum Gasteiger partial charge on any atom is -0.497 e. The van der Waals surface area contributed by atoms with Crippen LogP contribution in [0.3, 0.4) is 0 Å². The van der Waals surface area contributed by atoms with E-state index in [0.717, 1.165) is 12.2 Å². The van der Waals surface area contributed by atoms with Crippen molar-refractivity contribution in [1.29, 1.82) is 5.26 Å². The summed E-state index contributed by atoms with van der Waals surface area (Å²) in [4.78, 5) is 8.65. The first kappa shape index (κ1) is 17.9. The van der Waals surface area contributed by atoms with E-state index >= 15 is 0 Å². The van der Waals surface area contributed by atoms with Crippen molar-refractivity contribution in [2.24, 2.45) is 0 Å². The van der Waals surface area contributed by atoms with Crippen LogP contribution in [-0.4, -0.2) is 22.3 Å². The maximum Gasteiger partial charge on any atom is 0.190 e. The van der Waals surface area contributed by atoms with Crippen LogP contribution in [0, 0.1) is 11.3 Å². The molecule has 0 saturated carbocycles. The van der Waals surface area contributed by atoms with Crippen molar-refractivity contribution in [3.05, 3.63) is 35.5 Å². The zero-order chi connectivity index (χ0) is 17.5. The number of nitrogen functional groups attached to an aromatic ring is 1. The molecule has 1 atom stereocenters. The molecule has 2 N–H and O–H groups in total. The Hall–Kier alpha value is -2.46. The number of hydrogen-bond acceptors (Lipinski definition) is 7. The van der Waals surface area contributed by atoms with E-state index in [1.165, 1.54) is 11.8 Å². The Bertz CT molecular complexity index is 729. The number of thioether (sulfide) groups is 1. The van der Waals surface area contributed by atoms with E-state index in [1.807, 2.05) is 0 Å². The number of nitrogens with zero attached hydrogens (tertiary/aromatic N) is 3. The molecular formula is C17H20N4O2S. The molecule has 7 heteroatoms. The van der Waals surface area contributed by atoms with E-state index in [2.05, 4.69) is 29.9 Å². The van der Waals surface area contributed by atoms with Gasteiger partial charge < -0.3 is 15.2 Å². The molecule has 2 aromatic rings. The summed E-state index contributed by atoms with van der Waals surface area (Å²) in [5.74, 6) is 1.60. The van der Waals surface area contributed by atoms with Crippen molar-refractivity contribution in [3.8, 4) is 17.6 Å². The van der Waals surface area contributed by atoms with Crippen molar-refractivity contribution < 1.29 is 9.47 Å². The van der Waals surface area contributed by atoms with Crippen LogP contribution < -0.4 is 15.2 Å². The Morgan fingerprint density at radius 3 is 2.50 bits per heavy atom. The van der Waals surface area contributed by atoms with Gasteiger partial charge in [0.2, 0.25) is 0 Å². The molecular weight excluding hydrogens is 324 g/mol. The predicted molar refractivity (Wildman–Crippen MR) is 94.1 cm³/mol. The second kappa shape index (κ2) is 8.41. The normalized spacial score (nSPS) is 11.6. The molecule has 1 unspecified atom stereocenters. The fraction of sp³-hybridized carbons (Fsp3) is 0.353. The quantitative estimate of drug-likeness (QED) is 0.607. The highest BCUT2D eigenvalue weighted by atomic mass is 32.2. The molecule has 0 saturated heterocycles. The van der Waals surface area contributed by atoms with Crippen LogP contribution in [0.5, 0.6) is 11.5 Å². The van der Waals surface area contributed by atoms with Crippen LogP contribution >= 0.6 is 11.8 Å². The molecule has 0 fully saturated rings. The molecule has 1 heterocycles. The molecule has 0 bridgehead atoms. The van der Waals surface area contributed by atoms with Gasteiger partial charge in [-0.25, -0.2) is 9.97 Å². The SMILES string of the molecule is CCC(C)Sc1nc(N)c(C#N)c(COc2ccc(OC)cc2)n1. The summed E-state index contributed by atoms with van der Waals surface area (Å²) in [6.45, 7) is 4.34. The Morgan fingerprint density at radius 1 is 1.25 bits per heavy atom. The summed E-state index contributed by atoms with van der Waals surface area (Å²) in [6, 6.07) is 9.25. The highest BCUT2D eigenvalue weighted by Gasteiger charge is 2.15. The summed E-state index contributed by atoms with van der Waals surface area (Å²) in [7, 11) is 1.61. The van der Waals surface area contributed by atoms with Crippen LogP contribution in [0.2, 0.25) is 0 Å². The molecule has 2 rings (SSSR count). The molecule has 0 radical (unpaired) electrons. The minimum absolute atomic E-state index is 0.149. The predicted octanol–water partition coefficient (Wildman–Crippen LogP) is 3.41. The van der Waals surface area contributed by atoms with Gasteiger partial charge >= 0.3 is 0 Å². The molecule has 0 aliphatic carbocycles. The lowest BCUT2D eigenvalue weighted by atomic mass is 10.2. The first-order chi connectivity index (χ1) is 11.6. The van der Waals surface area contributed by atoms with Crippen molar-refractivity contribution >= 4 is 17.6 Å². The lowest BCUT2D eigenvalue weighted by Crippen LogP contribution is -2.09. The summed E-state index contributed by atoms with van der Waals surface area (Å²) >= 11 is 1.53. The van der Waals surface area contributed by atoms with E-state index in [0.29, 0.717) is 21.8 Å². The third-order valence-electron chi connectivity index (χ3n) is 3.42. The molecule has 1 aromatic carbocycles. The van der Waals surface area contributed by atoms with Gasteiger partial charge in [0.15, 0.2) is 5.16 Å². The van der Waals surface area contributed by atoms with Crippen LogP contribution in [-0.2, 0) is 6.61 Å². The standard InChI is InChI=1S/C17H20N4O2S/c1-4-11(2)24-17-20-15(14(9-18)16(19)21-17)10-23-13-7-5-12(22-3)6-8-13/h5-8,11H,4,10H2,1-3H3,(H2,19,20,21). The highest BCUT2D eigenvalue weighted by molar-refractivity contribution is 7.99. The molecule has 6 nitrogen and oxygen atoms in total. The summed E-state index contributed by atoms with van der Waals surface area (Å²) in [6.07, 6.45) is 0.992. The Labute approximate surface area is 146 Å². The van der Waals surface area contributed by atoms with Gasteiger partial charge in [0.25, 0.3) is 0 Å². The number of rotatable bonds is 7. The van der Waals surface area contributed by atoms with Crippen molar-refractivity contribution in [2.75, 3.05) is 12.8 Å². The highest BCUT2D eigenvalue weighted by Crippen LogP contribution is 2.25. The molecule has 24 heavy (non-hydrogen) atoms. The van der Waals surface area contributed by atoms with Crippen LogP contribution in [0.25, 0.3) is 0 Å². The zero-order valence-corrected chi connectivity index (χ0v) is 14.8. The molecule has 0 spiro atoms. The second-order valence-electron chi connectivity index (χ2n) is 5.13. The van der Waals surface area contributed by atoms with Crippen LogP contribution in [0.15, 0.2) is 29.4 Å². The van der Waals surface area contributed by atoms with E-state index in [4.69, 9.17) is 15.2 Å². The Kier molecular flexibility index (Phi) is 6.27. The van der Waals surface area contributed by atoms with Crippen molar-refractivity contribution in [2.45, 2.75) is 37.3 Å². The van der Waals surface area contributed by atoms with Crippen LogP contribution in [0.4, 0.5) is 5.82 Å². The van der Waals surface area contributed by atoms with Gasteiger partial charge in [0.1, 0.15) is 41.3 Å². The third kappa shape index (κ3) is 4.52. The van der Waals surface area contributed by atoms with E-state index in [9.17, 15) is 5.26 Å². The lowest BCUT2D eigenvalue weighted by Gasteiger charge is -2.12. The topological polar surface area (TPSA) is 94.0 Å². The first-order valence-electron chi connectivity index (χ1n) is 7.57. The Balaban J connectivity index is 2.18. The number of anilines is 1. The molecule has 126 valence electrons. The summed E-state index contributed by atoms with van der Waals surface area (Å²) in [5.41, 5.74) is 6.65. The number of hydrogen-bond donors (Lipinski definition) is 1. The number of methoxy groups -OCH3 is 1. The third-order valence-corrected chi connectivity index (χ3v) is 4.55. The van der Waals surface area contributed by atoms with Gasteiger partial charge in [-0.2, -0.15) is 5.26 Å². The van der Waals surface area contributed by atoms with Gasteiger partial charge in [-0.3, -0.25) is 0 Å². The monoisotopic (exact) mass is 344 g/mol. The fourth-order valence-corrected chi connectivity index (χ4v) is 2.71. The lowest BCUT2D eigenvalue weighted by molar-refractivity contribution is 0.299.